The van der Waals surface area contributed by atoms with Gasteiger partial charge in [-0.2, -0.15) is 0 Å². The van der Waals surface area contributed by atoms with Crippen molar-refractivity contribution in [2.75, 3.05) is 22.9 Å². The van der Waals surface area contributed by atoms with Crippen LogP contribution in [0.25, 0.3) is 0 Å². The van der Waals surface area contributed by atoms with E-state index in [2.05, 4.69) is 5.32 Å². The van der Waals surface area contributed by atoms with E-state index in [1.165, 1.54) is 4.90 Å². The fourth-order valence-corrected chi connectivity index (χ4v) is 4.73. The number of amides is 2. The summed E-state index contributed by atoms with van der Waals surface area (Å²) in [6, 6.07) is 32.8. The molecule has 0 aromatic heterocycles. The molecular formula is C32H29N3O4. The molecule has 5 rings (SSSR count). The normalized spacial score (nSPS) is 14.8. The molecule has 0 radical (unpaired) electrons. The first-order valence-corrected chi connectivity index (χ1v) is 12.8. The molecule has 0 bridgehead atoms. The number of carbonyl (C=O) groups excluding carboxylic acids is 3. The molecule has 1 N–H and O–H groups in total. The fourth-order valence-electron chi connectivity index (χ4n) is 4.73. The molecule has 4 aromatic rings. The SMILES string of the molecule is Cc1ccccc1C(=O)CN1C(=O)C(NC(=O)OCc2ccccc2)CN(c2ccccc2)c2ccccc21. The Labute approximate surface area is 227 Å². The third-order valence-electron chi connectivity index (χ3n) is 6.71. The highest BCUT2D eigenvalue weighted by atomic mass is 16.5. The van der Waals surface area contributed by atoms with Gasteiger partial charge in [0.1, 0.15) is 12.6 Å². The summed E-state index contributed by atoms with van der Waals surface area (Å²) in [7, 11) is 0. The summed E-state index contributed by atoms with van der Waals surface area (Å²) in [5.41, 5.74) is 4.44. The summed E-state index contributed by atoms with van der Waals surface area (Å²) >= 11 is 0. The summed E-state index contributed by atoms with van der Waals surface area (Å²) in [6.45, 7) is 1.94. The lowest BCUT2D eigenvalue weighted by molar-refractivity contribution is -0.120. The zero-order valence-corrected chi connectivity index (χ0v) is 21.6. The number of carbonyl (C=O) groups is 3. The number of anilines is 3. The first-order chi connectivity index (χ1) is 19.0. The molecule has 7 nitrogen and oxygen atoms in total. The Balaban J connectivity index is 1.47. The number of Topliss-reactive ketones (excluding diaryl/α,β-unsaturated/α-hetero) is 1. The van der Waals surface area contributed by atoms with Crippen molar-refractivity contribution in [3.8, 4) is 0 Å². The lowest BCUT2D eigenvalue weighted by Gasteiger charge is -2.27. The molecule has 1 aliphatic heterocycles. The van der Waals surface area contributed by atoms with Crippen molar-refractivity contribution in [3.05, 3.63) is 126 Å². The molecule has 0 fully saturated rings. The number of ether oxygens (including phenoxy) is 1. The zero-order chi connectivity index (χ0) is 27.2. The molecule has 39 heavy (non-hydrogen) atoms. The summed E-state index contributed by atoms with van der Waals surface area (Å²) < 4.78 is 5.43. The third kappa shape index (κ3) is 5.83. The minimum atomic E-state index is -0.967. The molecule has 7 heteroatoms. The molecule has 1 unspecified atom stereocenters. The topological polar surface area (TPSA) is 79.0 Å². The van der Waals surface area contributed by atoms with Gasteiger partial charge in [-0.3, -0.25) is 9.59 Å². The van der Waals surface area contributed by atoms with Gasteiger partial charge in [0.05, 0.1) is 24.5 Å². The van der Waals surface area contributed by atoms with Crippen molar-refractivity contribution in [2.45, 2.75) is 19.6 Å². The number of alkyl carbamates (subject to hydrolysis) is 1. The van der Waals surface area contributed by atoms with Crippen LogP contribution in [-0.2, 0) is 16.1 Å². The highest BCUT2D eigenvalue weighted by Crippen LogP contribution is 2.37. The van der Waals surface area contributed by atoms with E-state index in [0.29, 0.717) is 11.3 Å². The molecule has 0 spiro atoms. The van der Waals surface area contributed by atoms with Crippen LogP contribution in [0.5, 0.6) is 0 Å². The summed E-state index contributed by atoms with van der Waals surface area (Å²) in [4.78, 5) is 43.8. The van der Waals surface area contributed by atoms with E-state index in [1.807, 2.05) is 115 Å². The summed E-state index contributed by atoms with van der Waals surface area (Å²) in [6.07, 6.45) is -0.707. The lowest BCUT2D eigenvalue weighted by Crippen LogP contribution is -2.52. The maximum Gasteiger partial charge on any atom is 0.408 e. The number of fused-ring (bicyclic) bond motifs is 1. The quantitative estimate of drug-likeness (QED) is 0.319. The third-order valence-corrected chi connectivity index (χ3v) is 6.71. The van der Waals surface area contributed by atoms with E-state index in [4.69, 9.17) is 4.74 Å². The molecule has 0 saturated heterocycles. The van der Waals surface area contributed by atoms with Crippen LogP contribution in [0.2, 0.25) is 0 Å². The van der Waals surface area contributed by atoms with Gasteiger partial charge >= 0.3 is 6.09 Å². The van der Waals surface area contributed by atoms with Gasteiger partial charge < -0.3 is 19.9 Å². The smallest absolute Gasteiger partial charge is 0.408 e. The number of benzene rings is 4. The highest BCUT2D eigenvalue weighted by Gasteiger charge is 2.36. The van der Waals surface area contributed by atoms with E-state index < -0.39 is 12.1 Å². The average Bonchev–Trinajstić information content (AvgIpc) is 3.08. The fraction of sp³-hybridized carbons (Fsp3) is 0.156. The number of hydrogen-bond acceptors (Lipinski definition) is 5. The van der Waals surface area contributed by atoms with Crippen molar-refractivity contribution in [3.63, 3.8) is 0 Å². The van der Waals surface area contributed by atoms with Gasteiger partial charge in [-0.25, -0.2) is 4.79 Å². The minimum Gasteiger partial charge on any atom is -0.445 e. The Kier molecular flexibility index (Phi) is 7.68. The van der Waals surface area contributed by atoms with Crippen molar-refractivity contribution < 1.29 is 19.1 Å². The first-order valence-electron chi connectivity index (χ1n) is 12.8. The second-order valence-electron chi connectivity index (χ2n) is 9.36. The lowest BCUT2D eigenvalue weighted by atomic mass is 10.0. The molecule has 0 aliphatic carbocycles. The van der Waals surface area contributed by atoms with Gasteiger partial charge in [0, 0.05) is 11.3 Å². The van der Waals surface area contributed by atoms with Crippen LogP contribution in [0.4, 0.5) is 21.9 Å². The van der Waals surface area contributed by atoms with Crippen LogP contribution in [0.1, 0.15) is 21.5 Å². The Morgan fingerprint density at radius 2 is 1.44 bits per heavy atom. The zero-order valence-electron chi connectivity index (χ0n) is 21.6. The molecule has 1 aliphatic rings. The molecule has 196 valence electrons. The first kappa shape index (κ1) is 25.7. The van der Waals surface area contributed by atoms with Gasteiger partial charge in [0.15, 0.2) is 5.78 Å². The largest absolute Gasteiger partial charge is 0.445 e. The number of hydrogen-bond donors (Lipinski definition) is 1. The molecule has 1 heterocycles. The maximum absolute atomic E-state index is 14.0. The Bertz CT molecular complexity index is 1470. The van der Waals surface area contributed by atoms with E-state index in [0.717, 1.165) is 22.5 Å². The van der Waals surface area contributed by atoms with Crippen LogP contribution >= 0.6 is 0 Å². The number of nitrogens with one attached hydrogen (secondary N) is 1. The Morgan fingerprint density at radius 1 is 0.821 bits per heavy atom. The van der Waals surface area contributed by atoms with E-state index >= 15 is 0 Å². The highest BCUT2D eigenvalue weighted by molar-refractivity contribution is 6.10. The second kappa shape index (κ2) is 11.6. The van der Waals surface area contributed by atoms with Crippen molar-refractivity contribution in [1.82, 2.24) is 5.32 Å². The van der Waals surface area contributed by atoms with Crippen LogP contribution in [0, 0.1) is 6.92 Å². The van der Waals surface area contributed by atoms with Gasteiger partial charge in [0.2, 0.25) is 0 Å². The molecular weight excluding hydrogens is 490 g/mol. The predicted molar refractivity (Wildman–Crippen MR) is 151 cm³/mol. The number of rotatable bonds is 7. The van der Waals surface area contributed by atoms with Crippen molar-refractivity contribution in [1.29, 1.82) is 0 Å². The van der Waals surface area contributed by atoms with E-state index in [-0.39, 0.29) is 31.4 Å². The number of nitrogens with zero attached hydrogens (tertiary/aromatic N) is 2. The van der Waals surface area contributed by atoms with Crippen molar-refractivity contribution in [2.24, 2.45) is 0 Å². The average molecular weight is 520 g/mol. The predicted octanol–water partition coefficient (Wildman–Crippen LogP) is 5.66. The summed E-state index contributed by atoms with van der Waals surface area (Å²) in [5, 5.41) is 2.76. The van der Waals surface area contributed by atoms with Crippen LogP contribution < -0.4 is 15.1 Å². The second-order valence-corrected chi connectivity index (χ2v) is 9.36. The van der Waals surface area contributed by atoms with E-state index in [1.54, 1.807) is 6.07 Å². The van der Waals surface area contributed by atoms with Gasteiger partial charge in [-0.05, 0) is 42.3 Å². The van der Waals surface area contributed by atoms with Crippen LogP contribution in [0.15, 0.2) is 109 Å². The van der Waals surface area contributed by atoms with Gasteiger partial charge in [-0.1, -0.05) is 84.9 Å². The molecule has 2 amide bonds. The number of aryl methyl sites for hydroxylation is 1. The maximum atomic E-state index is 14.0. The monoisotopic (exact) mass is 519 g/mol. The molecule has 0 saturated carbocycles. The molecule has 1 atom stereocenters. The number of ketones is 1. The Hall–Kier alpha value is -4.91. The van der Waals surface area contributed by atoms with Crippen molar-refractivity contribution >= 4 is 34.8 Å². The van der Waals surface area contributed by atoms with Gasteiger partial charge in [-0.15, -0.1) is 0 Å². The standard InChI is InChI=1S/C32H29N3O4/c1-23-12-8-9-17-26(23)30(36)21-35-29-19-11-10-18-28(29)34(25-15-6-3-7-16-25)20-27(31(35)37)33-32(38)39-22-24-13-4-2-5-14-24/h2-19,27H,20-22H2,1H3,(H,33,38). The Morgan fingerprint density at radius 3 is 2.15 bits per heavy atom. The van der Waals surface area contributed by atoms with Gasteiger partial charge in [0.25, 0.3) is 5.91 Å². The molecule has 4 aromatic carbocycles. The van der Waals surface area contributed by atoms with Crippen LogP contribution in [-0.4, -0.2) is 36.9 Å². The minimum absolute atomic E-state index is 0.0751. The number of para-hydroxylation sites is 3. The summed E-state index contributed by atoms with van der Waals surface area (Å²) in [5.74, 6) is -0.575. The van der Waals surface area contributed by atoms with E-state index in [9.17, 15) is 14.4 Å². The van der Waals surface area contributed by atoms with Crippen LogP contribution in [0.3, 0.4) is 0 Å².